The summed E-state index contributed by atoms with van der Waals surface area (Å²) >= 11 is 5.77. The number of nitrogens with one attached hydrogen (secondary N) is 2. The average molecular weight is 483 g/mol. The number of pyridine rings is 2. The Morgan fingerprint density at radius 2 is 1.83 bits per heavy atom. The summed E-state index contributed by atoms with van der Waals surface area (Å²) in [6.45, 7) is 2.45. The number of amides is 1. The van der Waals surface area contributed by atoms with Gasteiger partial charge in [0.05, 0.1) is 17.8 Å². The fourth-order valence-corrected chi connectivity index (χ4v) is 4.82. The number of benzene rings is 1. The average Bonchev–Trinajstić information content (AvgIpc) is 3.49. The first kappa shape index (κ1) is 22.7. The molecule has 0 radical (unpaired) electrons. The van der Waals surface area contributed by atoms with Crippen molar-refractivity contribution in [3.05, 3.63) is 108 Å². The van der Waals surface area contributed by atoms with E-state index in [0.29, 0.717) is 18.1 Å². The lowest BCUT2D eigenvalue weighted by atomic mass is 10.0. The summed E-state index contributed by atoms with van der Waals surface area (Å²) in [5.74, 6) is -0.0494. The van der Waals surface area contributed by atoms with Crippen LogP contribution in [0.1, 0.15) is 35.5 Å². The van der Waals surface area contributed by atoms with Gasteiger partial charge in [0.1, 0.15) is 0 Å². The van der Waals surface area contributed by atoms with E-state index >= 15 is 0 Å². The Hall–Kier alpha value is -4.04. The number of carbonyl (C=O) groups is 1. The molecule has 2 atom stereocenters. The highest BCUT2D eigenvalue weighted by molar-refractivity contribution is 7.80. The molecule has 1 aliphatic heterocycles. The highest BCUT2D eigenvalue weighted by atomic mass is 32.1. The lowest BCUT2D eigenvalue weighted by molar-refractivity contribution is -0.116. The Morgan fingerprint density at radius 1 is 1.03 bits per heavy atom. The lowest BCUT2D eigenvalue weighted by Crippen LogP contribution is -2.33. The number of hydrogen-bond acceptors (Lipinski definition) is 4. The maximum absolute atomic E-state index is 12.8. The van der Waals surface area contributed by atoms with Crippen LogP contribution in [-0.2, 0) is 4.79 Å². The van der Waals surface area contributed by atoms with Gasteiger partial charge < -0.3 is 20.1 Å². The van der Waals surface area contributed by atoms with Gasteiger partial charge in [-0.3, -0.25) is 14.8 Å². The van der Waals surface area contributed by atoms with Crippen LogP contribution in [0.15, 0.2) is 91.5 Å². The predicted molar refractivity (Wildman–Crippen MR) is 140 cm³/mol. The number of nitrogens with zero attached hydrogens (tertiary/aromatic N) is 4. The normalized spacial score (nSPS) is 17.3. The first-order valence-corrected chi connectivity index (χ1v) is 11.9. The second kappa shape index (κ2) is 10.1. The number of carbonyl (C=O) groups excluding carboxylic acids is 1. The quantitative estimate of drug-likeness (QED) is 0.376. The minimum atomic E-state index is -0.154. The van der Waals surface area contributed by atoms with Crippen molar-refractivity contribution in [3.63, 3.8) is 0 Å². The molecule has 1 amide bonds. The first-order chi connectivity index (χ1) is 17.1. The van der Waals surface area contributed by atoms with Crippen molar-refractivity contribution in [3.8, 4) is 5.69 Å². The van der Waals surface area contributed by atoms with Crippen molar-refractivity contribution >= 4 is 28.9 Å². The summed E-state index contributed by atoms with van der Waals surface area (Å²) in [7, 11) is 0. The summed E-state index contributed by atoms with van der Waals surface area (Å²) in [5.41, 5.74) is 4.82. The third-order valence-corrected chi connectivity index (χ3v) is 6.57. The molecular weight excluding hydrogens is 456 g/mol. The van der Waals surface area contributed by atoms with Gasteiger partial charge >= 0.3 is 0 Å². The number of aromatic nitrogens is 3. The molecule has 0 bridgehead atoms. The summed E-state index contributed by atoms with van der Waals surface area (Å²) in [5, 5.41) is 7.09. The van der Waals surface area contributed by atoms with Crippen molar-refractivity contribution < 1.29 is 4.79 Å². The molecule has 1 fully saturated rings. The minimum absolute atomic E-state index is 0.0494. The van der Waals surface area contributed by atoms with Gasteiger partial charge in [-0.15, -0.1) is 0 Å². The highest BCUT2D eigenvalue weighted by Gasteiger charge is 2.41. The van der Waals surface area contributed by atoms with Crippen LogP contribution in [0.4, 0.5) is 5.69 Å². The van der Waals surface area contributed by atoms with E-state index in [1.807, 2.05) is 73.8 Å². The molecule has 5 rings (SSSR count). The lowest BCUT2D eigenvalue weighted by Gasteiger charge is -2.28. The Kier molecular flexibility index (Phi) is 6.54. The number of hydrogen-bond donors (Lipinski definition) is 2. The standard InChI is InChI=1S/C27H26N6OS/c1-19-7-2-3-8-21(19)30-24(34)13-18-33-26(25(31-27(33)35)22-9-4-5-14-29-22)23-10-6-17-32(23)20-11-15-28-16-12-20/h2-12,14-17,25-26H,13,18H2,1H3,(H,30,34)(H,31,35). The second-order valence-electron chi connectivity index (χ2n) is 8.44. The van der Waals surface area contributed by atoms with Crippen molar-refractivity contribution in [2.75, 3.05) is 11.9 Å². The van der Waals surface area contributed by atoms with Gasteiger partial charge in [0.25, 0.3) is 0 Å². The fraction of sp³-hybridized carbons (Fsp3) is 0.185. The van der Waals surface area contributed by atoms with E-state index in [4.69, 9.17) is 12.2 Å². The Bertz CT molecular complexity index is 1320. The Morgan fingerprint density at radius 3 is 2.60 bits per heavy atom. The van der Waals surface area contributed by atoms with Gasteiger partial charge in [-0.25, -0.2) is 0 Å². The third-order valence-electron chi connectivity index (χ3n) is 6.22. The molecule has 0 spiro atoms. The summed E-state index contributed by atoms with van der Waals surface area (Å²) < 4.78 is 2.14. The molecular formula is C27H26N6OS. The summed E-state index contributed by atoms with van der Waals surface area (Å²) in [4.78, 5) is 23.7. The van der Waals surface area contributed by atoms with Crippen LogP contribution < -0.4 is 10.6 Å². The van der Waals surface area contributed by atoms with Crippen LogP contribution in [0.25, 0.3) is 5.69 Å². The van der Waals surface area contributed by atoms with E-state index in [9.17, 15) is 4.79 Å². The molecule has 7 nitrogen and oxygen atoms in total. The zero-order valence-electron chi connectivity index (χ0n) is 19.3. The van der Waals surface area contributed by atoms with E-state index < -0.39 is 0 Å². The highest BCUT2D eigenvalue weighted by Crippen LogP contribution is 2.39. The van der Waals surface area contributed by atoms with Gasteiger partial charge in [0.2, 0.25) is 5.91 Å². The maximum Gasteiger partial charge on any atom is 0.226 e. The van der Waals surface area contributed by atoms with Crippen LogP contribution in [0.3, 0.4) is 0 Å². The monoisotopic (exact) mass is 482 g/mol. The van der Waals surface area contributed by atoms with E-state index in [2.05, 4.69) is 36.1 Å². The van der Waals surface area contributed by atoms with Crippen molar-refractivity contribution in [2.24, 2.45) is 0 Å². The van der Waals surface area contributed by atoms with Gasteiger partial charge in [-0.1, -0.05) is 24.3 Å². The SMILES string of the molecule is Cc1ccccc1NC(=O)CCN1C(=S)NC(c2ccccn2)C1c1cccn1-c1ccncc1. The first-order valence-electron chi connectivity index (χ1n) is 11.5. The Labute approximate surface area is 209 Å². The van der Waals surface area contributed by atoms with Crippen LogP contribution in [-0.4, -0.2) is 37.0 Å². The molecule has 176 valence electrons. The summed E-state index contributed by atoms with van der Waals surface area (Å²) in [6.07, 6.45) is 7.68. The van der Waals surface area contributed by atoms with E-state index in [-0.39, 0.29) is 18.0 Å². The number of thiocarbonyl (C=S) groups is 1. The van der Waals surface area contributed by atoms with Crippen LogP contribution in [0, 0.1) is 6.92 Å². The molecule has 1 aromatic carbocycles. The number of anilines is 1. The molecule has 2 unspecified atom stereocenters. The second-order valence-corrected chi connectivity index (χ2v) is 8.83. The van der Waals surface area contributed by atoms with Gasteiger partial charge in [-0.05, 0) is 67.2 Å². The zero-order valence-corrected chi connectivity index (χ0v) is 20.2. The molecule has 35 heavy (non-hydrogen) atoms. The Balaban J connectivity index is 1.44. The molecule has 0 saturated carbocycles. The van der Waals surface area contributed by atoms with Crippen molar-refractivity contribution in [1.82, 2.24) is 24.8 Å². The third kappa shape index (κ3) is 4.79. The zero-order chi connectivity index (χ0) is 24.2. The molecule has 3 aromatic heterocycles. The van der Waals surface area contributed by atoms with Gasteiger partial charge in [0, 0.05) is 54.8 Å². The molecule has 4 aromatic rings. The minimum Gasteiger partial charge on any atom is -0.352 e. The number of rotatable bonds is 7. The molecule has 1 saturated heterocycles. The van der Waals surface area contributed by atoms with Crippen LogP contribution in [0.5, 0.6) is 0 Å². The fourth-order valence-electron chi connectivity index (χ4n) is 4.49. The molecule has 4 heterocycles. The van der Waals surface area contributed by atoms with E-state index in [0.717, 1.165) is 28.3 Å². The predicted octanol–water partition coefficient (Wildman–Crippen LogP) is 4.58. The van der Waals surface area contributed by atoms with Gasteiger partial charge in [-0.2, -0.15) is 0 Å². The van der Waals surface area contributed by atoms with E-state index in [1.54, 1.807) is 18.6 Å². The number of aryl methyl sites for hydroxylation is 1. The van der Waals surface area contributed by atoms with Crippen molar-refractivity contribution in [1.29, 1.82) is 0 Å². The van der Waals surface area contributed by atoms with Crippen LogP contribution in [0.2, 0.25) is 0 Å². The van der Waals surface area contributed by atoms with Crippen molar-refractivity contribution in [2.45, 2.75) is 25.4 Å². The van der Waals surface area contributed by atoms with Gasteiger partial charge in [0.15, 0.2) is 5.11 Å². The largest absolute Gasteiger partial charge is 0.352 e. The molecule has 1 aliphatic rings. The van der Waals surface area contributed by atoms with Crippen LogP contribution >= 0.6 is 12.2 Å². The van der Waals surface area contributed by atoms with E-state index in [1.165, 1.54) is 0 Å². The smallest absolute Gasteiger partial charge is 0.226 e. The summed E-state index contributed by atoms with van der Waals surface area (Å²) in [6, 6.07) is 21.4. The number of para-hydroxylation sites is 1. The molecule has 8 heteroatoms. The molecule has 0 aliphatic carbocycles. The maximum atomic E-state index is 12.8. The topological polar surface area (TPSA) is 75.1 Å². The molecule has 2 N–H and O–H groups in total.